The molecular formula is C13H13NO6. The van der Waals surface area contributed by atoms with Crippen LogP contribution in [-0.4, -0.2) is 34.6 Å². The van der Waals surface area contributed by atoms with Gasteiger partial charge in [0, 0.05) is 12.8 Å². The quantitative estimate of drug-likeness (QED) is 0.772. The van der Waals surface area contributed by atoms with Crippen LogP contribution in [0.4, 0.5) is 0 Å². The molecule has 1 aliphatic rings. The van der Waals surface area contributed by atoms with Gasteiger partial charge in [0.05, 0.1) is 6.61 Å². The van der Waals surface area contributed by atoms with E-state index in [1.165, 1.54) is 0 Å². The van der Waals surface area contributed by atoms with Crippen LogP contribution in [0.1, 0.15) is 18.4 Å². The fraction of sp³-hybridized carbons (Fsp3) is 0.308. The number of amides is 2. The highest BCUT2D eigenvalue weighted by molar-refractivity contribution is 6.01. The standard InChI is InChI=1S/C13H13NO6/c15-7-9-1-3-10(4-2-9)19-8-13(18)20-14-11(16)5-6-12(14)17/h1-4,15H,5-8H2. The molecule has 7 nitrogen and oxygen atoms in total. The predicted molar refractivity (Wildman–Crippen MR) is 65.0 cm³/mol. The Hall–Kier alpha value is -2.41. The normalized spacial score (nSPS) is 14.6. The van der Waals surface area contributed by atoms with E-state index < -0.39 is 24.4 Å². The van der Waals surface area contributed by atoms with Crippen LogP contribution in [0.25, 0.3) is 0 Å². The van der Waals surface area contributed by atoms with E-state index in [4.69, 9.17) is 9.84 Å². The summed E-state index contributed by atoms with van der Waals surface area (Å²) in [5.41, 5.74) is 0.716. The Bertz CT molecular complexity index is 508. The maximum absolute atomic E-state index is 11.5. The van der Waals surface area contributed by atoms with E-state index in [1.807, 2.05) is 0 Å². The number of hydrogen-bond acceptors (Lipinski definition) is 6. The maximum atomic E-state index is 11.5. The first-order valence-electron chi connectivity index (χ1n) is 5.99. The lowest BCUT2D eigenvalue weighted by Crippen LogP contribution is -2.33. The van der Waals surface area contributed by atoms with Crippen molar-refractivity contribution in [3.05, 3.63) is 29.8 Å². The van der Waals surface area contributed by atoms with Gasteiger partial charge in [0.2, 0.25) is 0 Å². The number of hydroxylamine groups is 2. The van der Waals surface area contributed by atoms with Crippen LogP contribution in [-0.2, 0) is 25.8 Å². The fourth-order valence-corrected chi connectivity index (χ4v) is 1.62. The van der Waals surface area contributed by atoms with Gasteiger partial charge in [0.15, 0.2) is 6.61 Å². The summed E-state index contributed by atoms with van der Waals surface area (Å²) in [4.78, 5) is 38.5. The number of benzene rings is 1. The van der Waals surface area contributed by atoms with Crippen molar-refractivity contribution in [3.8, 4) is 5.75 Å². The summed E-state index contributed by atoms with van der Waals surface area (Å²) in [6.07, 6.45) is 0.102. The highest BCUT2D eigenvalue weighted by Crippen LogP contribution is 2.14. The number of nitrogens with zero attached hydrogens (tertiary/aromatic N) is 1. The summed E-state index contributed by atoms with van der Waals surface area (Å²) >= 11 is 0. The number of aliphatic hydroxyl groups is 1. The van der Waals surface area contributed by atoms with E-state index in [0.29, 0.717) is 16.4 Å². The van der Waals surface area contributed by atoms with Crippen molar-refractivity contribution in [3.63, 3.8) is 0 Å². The summed E-state index contributed by atoms with van der Waals surface area (Å²) in [6.45, 7) is -0.503. The SMILES string of the molecule is O=C(COc1ccc(CO)cc1)ON1C(=O)CCC1=O. The molecule has 1 aromatic carbocycles. The molecule has 0 bridgehead atoms. The molecule has 7 heteroatoms. The maximum Gasteiger partial charge on any atom is 0.370 e. The smallest absolute Gasteiger partial charge is 0.370 e. The average Bonchev–Trinajstić information content (AvgIpc) is 2.77. The van der Waals surface area contributed by atoms with Gasteiger partial charge in [0.25, 0.3) is 11.8 Å². The van der Waals surface area contributed by atoms with Crippen LogP contribution < -0.4 is 4.74 Å². The van der Waals surface area contributed by atoms with Crippen molar-refractivity contribution in [2.45, 2.75) is 19.4 Å². The largest absolute Gasteiger partial charge is 0.482 e. The fourth-order valence-electron chi connectivity index (χ4n) is 1.62. The van der Waals surface area contributed by atoms with Crippen molar-refractivity contribution in [1.29, 1.82) is 0 Å². The Morgan fingerprint density at radius 2 is 1.75 bits per heavy atom. The molecular weight excluding hydrogens is 266 g/mol. The van der Waals surface area contributed by atoms with Crippen molar-refractivity contribution >= 4 is 17.8 Å². The highest BCUT2D eigenvalue weighted by atomic mass is 16.7. The van der Waals surface area contributed by atoms with Crippen molar-refractivity contribution in [2.24, 2.45) is 0 Å². The van der Waals surface area contributed by atoms with Gasteiger partial charge in [-0.05, 0) is 17.7 Å². The van der Waals surface area contributed by atoms with Gasteiger partial charge in [-0.3, -0.25) is 9.59 Å². The molecule has 1 saturated heterocycles. The molecule has 0 spiro atoms. The van der Waals surface area contributed by atoms with Crippen molar-refractivity contribution in [1.82, 2.24) is 5.06 Å². The molecule has 2 rings (SSSR count). The number of ether oxygens (including phenoxy) is 1. The second kappa shape index (κ2) is 6.16. The summed E-state index contributed by atoms with van der Waals surface area (Å²) in [6, 6.07) is 6.47. The van der Waals surface area contributed by atoms with Crippen LogP contribution in [0.3, 0.4) is 0 Å². The minimum absolute atomic E-state index is 0.0512. The summed E-state index contributed by atoms with van der Waals surface area (Å²) in [5, 5.41) is 9.34. The number of rotatable bonds is 5. The molecule has 1 heterocycles. The highest BCUT2D eigenvalue weighted by Gasteiger charge is 2.32. The zero-order chi connectivity index (χ0) is 14.5. The molecule has 1 aromatic rings. The minimum Gasteiger partial charge on any atom is -0.482 e. The average molecular weight is 279 g/mol. The first kappa shape index (κ1) is 14.0. The van der Waals surface area contributed by atoms with Crippen LogP contribution >= 0.6 is 0 Å². The van der Waals surface area contributed by atoms with E-state index in [-0.39, 0.29) is 19.4 Å². The third-order valence-corrected chi connectivity index (χ3v) is 2.66. The molecule has 106 valence electrons. The Kier molecular flexibility index (Phi) is 4.31. The van der Waals surface area contributed by atoms with Crippen LogP contribution in [0, 0.1) is 0 Å². The molecule has 1 aliphatic heterocycles. The summed E-state index contributed by atoms with van der Waals surface area (Å²) in [7, 11) is 0. The Morgan fingerprint density at radius 3 is 2.30 bits per heavy atom. The lowest BCUT2D eigenvalue weighted by molar-refractivity contribution is -0.198. The van der Waals surface area contributed by atoms with E-state index in [1.54, 1.807) is 24.3 Å². The van der Waals surface area contributed by atoms with Crippen molar-refractivity contribution < 1.29 is 29.1 Å². The number of aliphatic hydroxyl groups excluding tert-OH is 1. The second-order valence-corrected chi connectivity index (χ2v) is 4.14. The van der Waals surface area contributed by atoms with E-state index in [9.17, 15) is 14.4 Å². The molecule has 20 heavy (non-hydrogen) atoms. The second-order valence-electron chi connectivity index (χ2n) is 4.14. The van der Waals surface area contributed by atoms with Gasteiger partial charge < -0.3 is 14.7 Å². The molecule has 0 atom stereocenters. The number of carbonyl (C=O) groups is 3. The zero-order valence-corrected chi connectivity index (χ0v) is 10.6. The molecule has 0 radical (unpaired) electrons. The van der Waals surface area contributed by atoms with Gasteiger partial charge in [-0.1, -0.05) is 12.1 Å². The van der Waals surface area contributed by atoms with Crippen LogP contribution in [0.15, 0.2) is 24.3 Å². The third-order valence-electron chi connectivity index (χ3n) is 2.66. The van der Waals surface area contributed by atoms with Crippen LogP contribution in [0.2, 0.25) is 0 Å². The molecule has 0 aromatic heterocycles. The Morgan fingerprint density at radius 1 is 1.15 bits per heavy atom. The van der Waals surface area contributed by atoms with Gasteiger partial charge in [0.1, 0.15) is 5.75 Å². The summed E-state index contributed by atoms with van der Waals surface area (Å²) < 4.78 is 5.14. The molecule has 2 amide bonds. The zero-order valence-electron chi connectivity index (χ0n) is 10.6. The van der Waals surface area contributed by atoms with Crippen molar-refractivity contribution in [2.75, 3.05) is 6.61 Å². The topological polar surface area (TPSA) is 93.1 Å². The molecule has 1 N–H and O–H groups in total. The third kappa shape index (κ3) is 3.33. The van der Waals surface area contributed by atoms with Gasteiger partial charge in [-0.25, -0.2) is 4.79 Å². The first-order chi connectivity index (χ1) is 9.60. The van der Waals surface area contributed by atoms with Crippen LogP contribution in [0.5, 0.6) is 5.75 Å². The van der Waals surface area contributed by atoms with E-state index >= 15 is 0 Å². The van der Waals surface area contributed by atoms with Gasteiger partial charge in [-0.15, -0.1) is 5.06 Å². The van der Waals surface area contributed by atoms with E-state index in [0.717, 1.165) is 0 Å². The molecule has 0 unspecified atom stereocenters. The summed E-state index contributed by atoms with van der Waals surface area (Å²) in [5.74, 6) is -1.48. The Labute approximate surface area is 114 Å². The molecule has 1 fully saturated rings. The lowest BCUT2D eigenvalue weighted by atomic mass is 10.2. The predicted octanol–water partition coefficient (Wildman–Crippen LogP) is 0.165. The lowest BCUT2D eigenvalue weighted by Gasteiger charge is -2.13. The molecule has 0 saturated carbocycles. The van der Waals surface area contributed by atoms with E-state index in [2.05, 4.69) is 4.84 Å². The monoisotopic (exact) mass is 279 g/mol. The van der Waals surface area contributed by atoms with Gasteiger partial charge in [-0.2, -0.15) is 0 Å². The number of carbonyl (C=O) groups excluding carboxylic acids is 3. The first-order valence-corrected chi connectivity index (χ1v) is 5.99. The number of imide groups is 1. The number of hydrogen-bond donors (Lipinski definition) is 1. The van der Waals surface area contributed by atoms with Gasteiger partial charge >= 0.3 is 5.97 Å². The molecule has 0 aliphatic carbocycles. The Balaban J connectivity index is 1.82. The minimum atomic E-state index is -0.833.